The van der Waals surface area contributed by atoms with Crippen molar-refractivity contribution in [3.05, 3.63) is 105 Å². The van der Waals surface area contributed by atoms with Crippen LogP contribution in [0.15, 0.2) is 92.5 Å². The van der Waals surface area contributed by atoms with Crippen molar-refractivity contribution in [1.82, 2.24) is 0 Å². The van der Waals surface area contributed by atoms with E-state index in [4.69, 9.17) is 4.42 Å². The predicted octanol–water partition coefficient (Wildman–Crippen LogP) is 6.19. The van der Waals surface area contributed by atoms with E-state index in [1.807, 2.05) is 60.9 Å². The quantitative estimate of drug-likeness (QED) is 0.187. The molecule has 28 heavy (non-hydrogen) atoms. The molecule has 0 radical (unpaired) electrons. The standard InChI is InChI=1S/C23H16Br2NO2/c24-19-6-3-17(4-7-19)15-26-11-1-2-16(14-26)5-9-21(27)23-13-18-12-20(25)8-10-22(18)28-23/h1-14H,15H2/q+1/b9-5+. The van der Waals surface area contributed by atoms with Crippen LogP contribution in [0.3, 0.4) is 0 Å². The molecule has 0 saturated carbocycles. The molecular formula is C23H16Br2NO2+. The van der Waals surface area contributed by atoms with E-state index < -0.39 is 0 Å². The van der Waals surface area contributed by atoms with E-state index in [1.165, 1.54) is 5.56 Å². The highest BCUT2D eigenvalue weighted by Crippen LogP contribution is 2.23. The number of ketones is 1. The Bertz CT molecular complexity index is 1180. The second-order valence-electron chi connectivity index (χ2n) is 6.43. The summed E-state index contributed by atoms with van der Waals surface area (Å²) in [4.78, 5) is 12.5. The minimum absolute atomic E-state index is 0.157. The molecule has 0 aliphatic rings. The molecule has 2 aromatic heterocycles. The van der Waals surface area contributed by atoms with Gasteiger partial charge in [-0.25, -0.2) is 4.57 Å². The van der Waals surface area contributed by atoms with Crippen molar-refractivity contribution in [3.63, 3.8) is 0 Å². The van der Waals surface area contributed by atoms with Crippen molar-refractivity contribution in [1.29, 1.82) is 0 Å². The Labute approximate surface area is 179 Å². The molecular weight excluding hydrogens is 482 g/mol. The summed E-state index contributed by atoms with van der Waals surface area (Å²) < 4.78 is 9.76. The molecule has 0 aliphatic carbocycles. The van der Waals surface area contributed by atoms with Crippen LogP contribution in [-0.2, 0) is 6.54 Å². The number of allylic oxidation sites excluding steroid dienone is 1. The third-order valence-corrected chi connectivity index (χ3v) is 5.33. The normalized spacial score (nSPS) is 11.4. The van der Waals surface area contributed by atoms with Crippen molar-refractivity contribution in [3.8, 4) is 0 Å². The monoisotopic (exact) mass is 496 g/mol. The van der Waals surface area contributed by atoms with E-state index in [1.54, 1.807) is 12.1 Å². The fourth-order valence-corrected chi connectivity index (χ4v) is 3.57. The average molecular weight is 498 g/mol. The van der Waals surface area contributed by atoms with Crippen LogP contribution in [0.2, 0.25) is 0 Å². The molecule has 0 atom stereocenters. The van der Waals surface area contributed by atoms with E-state index in [2.05, 4.69) is 48.6 Å². The molecule has 0 bridgehead atoms. The first-order chi connectivity index (χ1) is 13.6. The number of carbonyl (C=O) groups is 1. The van der Waals surface area contributed by atoms with E-state index in [0.29, 0.717) is 11.3 Å². The minimum Gasteiger partial charge on any atom is -0.453 e. The number of halogens is 2. The second-order valence-corrected chi connectivity index (χ2v) is 8.26. The highest BCUT2D eigenvalue weighted by Gasteiger charge is 2.10. The number of furan rings is 1. The van der Waals surface area contributed by atoms with Crippen molar-refractivity contribution in [2.24, 2.45) is 0 Å². The maximum Gasteiger partial charge on any atom is 0.221 e. The van der Waals surface area contributed by atoms with Crippen molar-refractivity contribution >= 4 is 54.7 Å². The van der Waals surface area contributed by atoms with Gasteiger partial charge in [-0.1, -0.05) is 44.0 Å². The van der Waals surface area contributed by atoms with Gasteiger partial charge in [0.05, 0.1) is 0 Å². The first kappa shape index (κ1) is 18.8. The zero-order chi connectivity index (χ0) is 19.5. The van der Waals surface area contributed by atoms with Gasteiger partial charge in [0.25, 0.3) is 0 Å². The fraction of sp³-hybridized carbons (Fsp3) is 0.0435. The van der Waals surface area contributed by atoms with Crippen molar-refractivity contribution < 1.29 is 13.8 Å². The highest BCUT2D eigenvalue weighted by molar-refractivity contribution is 9.10. The minimum atomic E-state index is -0.157. The van der Waals surface area contributed by atoms with Crippen LogP contribution in [0, 0.1) is 0 Å². The van der Waals surface area contributed by atoms with E-state index in [0.717, 1.165) is 26.4 Å². The summed E-state index contributed by atoms with van der Waals surface area (Å²) in [5, 5.41) is 0.901. The van der Waals surface area contributed by atoms with Gasteiger partial charge in [0.2, 0.25) is 5.78 Å². The zero-order valence-corrected chi connectivity index (χ0v) is 18.0. The molecule has 4 rings (SSSR count). The molecule has 0 N–H and O–H groups in total. The molecule has 0 saturated heterocycles. The number of hydrogen-bond donors (Lipinski definition) is 0. The van der Waals surface area contributed by atoms with Gasteiger partial charge in [-0.3, -0.25) is 4.79 Å². The van der Waals surface area contributed by atoms with Crippen LogP contribution in [0.5, 0.6) is 0 Å². The largest absolute Gasteiger partial charge is 0.453 e. The maximum absolute atomic E-state index is 12.5. The van der Waals surface area contributed by atoms with Gasteiger partial charge in [-0.15, -0.1) is 0 Å². The second kappa shape index (κ2) is 8.25. The Morgan fingerprint density at radius 1 is 1.00 bits per heavy atom. The molecule has 0 amide bonds. The van der Waals surface area contributed by atoms with Gasteiger partial charge >= 0.3 is 0 Å². The Morgan fingerprint density at radius 2 is 1.79 bits per heavy atom. The van der Waals surface area contributed by atoms with Crippen LogP contribution in [0.1, 0.15) is 21.7 Å². The summed E-state index contributed by atoms with van der Waals surface area (Å²) in [7, 11) is 0. The number of fused-ring (bicyclic) bond motifs is 1. The molecule has 0 spiro atoms. The van der Waals surface area contributed by atoms with Crippen LogP contribution in [-0.4, -0.2) is 5.78 Å². The molecule has 0 aliphatic heterocycles. The van der Waals surface area contributed by atoms with Crippen LogP contribution < -0.4 is 4.57 Å². The number of rotatable bonds is 5. The third kappa shape index (κ3) is 4.49. The van der Waals surface area contributed by atoms with E-state index in [-0.39, 0.29) is 5.78 Å². The molecule has 4 aromatic rings. The van der Waals surface area contributed by atoms with Gasteiger partial charge in [-0.05, 0) is 54.6 Å². The predicted molar refractivity (Wildman–Crippen MR) is 117 cm³/mol. The molecule has 0 fully saturated rings. The lowest BCUT2D eigenvalue weighted by Crippen LogP contribution is -2.33. The third-order valence-electron chi connectivity index (χ3n) is 4.31. The number of hydrogen-bond acceptors (Lipinski definition) is 2. The van der Waals surface area contributed by atoms with Gasteiger partial charge in [0.1, 0.15) is 5.58 Å². The van der Waals surface area contributed by atoms with Gasteiger partial charge in [0.15, 0.2) is 24.7 Å². The molecule has 138 valence electrons. The van der Waals surface area contributed by atoms with E-state index in [9.17, 15) is 4.79 Å². The molecule has 5 heteroatoms. The number of benzene rings is 2. The summed E-state index contributed by atoms with van der Waals surface area (Å²) in [5.41, 5.74) is 2.86. The summed E-state index contributed by atoms with van der Waals surface area (Å²) >= 11 is 6.88. The maximum atomic E-state index is 12.5. The Balaban J connectivity index is 1.50. The van der Waals surface area contributed by atoms with Crippen LogP contribution in [0.25, 0.3) is 17.0 Å². The Kier molecular flexibility index (Phi) is 5.55. The summed E-state index contributed by atoms with van der Waals surface area (Å²) in [5.74, 6) is 0.179. The number of pyridine rings is 1. The molecule has 0 unspecified atom stereocenters. The lowest BCUT2D eigenvalue weighted by molar-refractivity contribution is -0.688. The van der Waals surface area contributed by atoms with Gasteiger partial charge in [-0.2, -0.15) is 0 Å². The lowest BCUT2D eigenvalue weighted by atomic mass is 10.2. The van der Waals surface area contributed by atoms with Crippen molar-refractivity contribution in [2.45, 2.75) is 6.54 Å². The van der Waals surface area contributed by atoms with Crippen molar-refractivity contribution in [2.75, 3.05) is 0 Å². The summed E-state index contributed by atoms with van der Waals surface area (Å²) in [6, 6.07) is 19.6. The average Bonchev–Trinajstić information content (AvgIpc) is 3.11. The topological polar surface area (TPSA) is 34.1 Å². The number of carbonyl (C=O) groups excluding carboxylic acids is 1. The first-order valence-electron chi connectivity index (χ1n) is 8.72. The van der Waals surface area contributed by atoms with Gasteiger partial charge in [0, 0.05) is 31.5 Å². The van der Waals surface area contributed by atoms with Crippen LogP contribution in [0.4, 0.5) is 0 Å². The SMILES string of the molecule is O=C(/C=C/c1ccc[n+](Cc2ccc(Br)cc2)c1)c1cc2cc(Br)ccc2o1. The Morgan fingerprint density at radius 3 is 2.61 bits per heavy atom. The molecule has 2 aromatic carbocycles. The lowest BCUT2D eigenvalue weighted by Gasteiger charge is -1.99. The van der Waals surface area contributed by atoms with E-state index >= 15 is 0 Å². The van der Waals surface area contributed by atoms with Gasteiger partial charge < -0.3 is 4.42 Å². The summed E-state index contributed by atoms with van der Waals surface area (Å²) in [6.07, 6.45) is 7.38. The number of aromatic nitrogens is 1. The molecule has 3 nitrogen and oxygen atoms in total. The zero-order valence-electron chi connectivity index (χ0n) is 14.8. The molecule has 2 heterocycles. The summed E-state index contributed by atoms with van der Waals surface area (Å²) in [6.45, 7) is 0.765. The highest BCUT2D eigenvalue weighted by atomic mass is 79.9. The number of nitrogens with zero attached hydrogens (tertiary/aromatic N) is 1. The first-order valence-corrected chi connectivity index (χ1v) is 10.3. The smallest absolute Gasteiger partial charge is 0.221 e. The van der Waals surface area contributed by atoms with Crippen LogP contribution >= 0.6 is 31.9 Å². The Hall–Kier alpha value is -2.50. The fourth-order valence-electron chi connectivity index (χ4n) is 2.93.